The van der Waals surface area contributed by atoms with Gasteiger partial charge in [0.05, 0.1) is 0 Å². The Morgan fingerprint density at radius 3 is 2.79 bits per heavy atom. The van der Waals surface area contributed by atoms with Gasteiger partial charge < -0.3 is 9.73 Å². The first-order chi connectivity index (χ1) is 9.07. The molecule has 0 aliphatic carbocycles. The Morgan fingerprint density at radius 1 is 1.32 bits per heavy atom. The van der Waals surface area contributed by atoms with Crippen molar-refractivity contribution in [1.82, 2.24) is 10.3 Å². The highest BCUT2D eigenvalue weighted by atomic mass is 19.3. The van der Waals surface area contributed by atoms with Crippen LogP contribution in [0.4, 0.5) is 8.78 Å². The van der Waals surface area contributed by atoms with Crippen molar-refractivity contribution in [3.05, 3.63) is 29.7 Å². The molecule has 0 amide bonds. The largest absolute Gasteiger partial charge is 0.441 e. The summed E-state index contributed by atoms with van der Waals surface area (Å²) in [4.78, 5) is 4.12. The molecule has 19 heavy (non-hydrogen) atoms. The number of benzene rings is 1. The molecule has 0 unspecified atom stereocenters. The molecule has 0 spiro atoms. The molecule has 0 bridgehead atoms. The summed E-state index contributed by atoms with van der Waals surface area (Å²) in [6, 6.07) is 4.49. The van der Waals surface area contributed by atoms with Gasteiger partial charge in [-0.2, -0.15) is 0 Å². The first-order valence-electron chi connectivity index (χ1n) is 6.53. The summed E-state index contributed by atoms with van der Waals surface area (Å²) < 4.78 is 34.3. The second-order valence-corrected chi connectivity index (χ2v) is 5.06. The molecule has 3 rings (SSSR count). The normalized spacial score (nSPS) is 18.1. The van der Waals surface area contributed by atoms with Crippen molar-refractivity contribution >= 4 is 11.1 Å². The van der Waals surface area contributed by atoms with Gasteiger partial charge in [-0.1, -0.05) is 0 Å². The zero-order chi connectivity index (χ0) is 13.5. The predicted octanol–water partition coefficient (Wildman–Crippen LogP) is 3.23. The van der Waals surface area contributed by atoms with Crippen LogP contribution in [0, 0.1) is 12.8 Å². The smallest absolute Gasteiger partial charge is 0.276 e. The van der Waals surface area contributed by atoms with E-state index in [2.05, 4.69) is 10.3 Å². The number of halogens is 2. The Bertz CT molecular complexity index is 588. The molecule has 5 heteroatoms. The number of fused-ring (bicyclic) bond motifs is 1. The van der Waals surface area contributed by atoms with E-state index in [-0.39, 0.29) is 5.56 Å². The van der Waals surface area contributed by atoms with Crippen LogP contribution >= 0.6 is 0 Å². The molecule has 3 nitrogen and oxygen atoms in total. The van der Waals surface area contributed by atoms with Crippen molar-refractivity contribution in [2.24, 2.45) is 5.92 Å². The maximum Gasteiger partial charge on any atom is 0.276 e. The number of nitrogens with one attached hydrogen (secondary N) is 1. The Kier molecular flexibility index (Phi) is 3.01. The molecule has 2 heterocycles. The molecular weight excluding hydrogens is 250 g/mol. The minimum absolute atomic E-state index is 0.0419. The van der Waals surface area contributed by atoms with Gasteiger partial charge in [0.1, 0.15) is 5.52 Å². The third kappa shape index (κ3) is 2.23. The van der Waals surface area contributed by atoms with Crippen molar-refractivity contribution < 1.29 is 13.2 Å². The Morgan fingerprint density at radius 2 is 2.05 bits per heavy atom. The van der Waals surface area contributed by atoms with Gasteiger partial charge in [-0.3, -0.25) is 0 Å². The maximum absolute atomic E-state index is 14.5. The zero-order valence-electron chi connectivity index (χ0n) is 10.7. The summed E-state index contributed by atoms with van der Waals surface area (Å²) in [7, 11) is 0. The van der Waals surface area contributed by atoms with E-state index in [1.165, 1.54) is 12.1 Å². The zero-order valence-corrected chi connectivity index (χ0v) is 10.7. The first-order valence-corrected chi connectivity index (χ1v) is 6.53. The van der Waals surface area contributed by atoms with Crippen LogP contribution in [0.2, 0.25) is 0 Å². The summed E-state index contributed by atoms with van der Waals surface area (Å²) in [5.74, 6) is -2.90. The van der Waals surface area contributed by atoms with Crippen LogP contribution in [0.1, 0.15) is 24.3 Å². The first kappa shape index (κ1) is 12.5. The summed E-state index contributed by atoms with van der Waals surface area (Å²) in [6.45, 7) is 3.03. The number of oxazole rings is 1. The van der Waals surface area contributed by atoms with Gasteiger partial charge >= 0.3 is 0 Å². The van der Waals surface area contributed by atoms with E-state index in [9.17, 15) is 8.78 Å². The Labute approximate surface area is 110 Å². The van der Waals surface area contributed by atoms with E-state index in [4.69, 9.17) is 4.42 Å². The Balaban J connectivity index is 1.96. The number of hydrogen-bond donors (Lipinski definition) is 1. The van der Waals surface area contributed by atoms with Gasteiger partial charge in [0, 0.05) is 18.4 Å². The summed E-state index contributed by atoms with van der Waals surface area (Å²) in [6.07, 6.45) is 1.01. The lowest BCUT2D eigenvalue weighted by molar-refractivity contribution is -0.0752. The molecule has 1 saturated heterocycles. The summed E-state index contributed by atoms with van der Waals surface area (Å²) in [5, 5.41) is 3.11. The van der Waals surface area contributed by atoms with Gasteiger partial charge in [-0.05, 0) is 44.1 Å². The van der Waals surface area contributed by atoms with Crippen molar-refractivity contribution in [2.75, 3.05) is 13.1 Å². The maximum atomic E-state index is 14.5. The molecule has 1 aromatic heterocycles. The number of rotatable bonds is 2. The SMILES string of the molecule is Cc1nc2cc(C(F)(F)C3CCNCC3)ccc2o1. The van der Waals surface area contributed by atoms with E-state index in [1.54, 1.807) is 13.0 Å². The summed E-state index contributed by atoms with van der Waals surface area (Å²) in [5.41, 5.74) is 1.10. The van der Waals surface area contributed by atoms with E-state index in [1.807, 2.05) is 0 Å². The van der Waals surface area contributed by atoms with Crippen molar-refractivity contribution in [2.45, 2.75) is 25.7 Å². The fraction of sp³-hybridized carbons (Fsp3) is 0.500. The van der Waals surface area contributed by atoms with Crippen molar-refractivity contribution in [3.63, 3.8) is 0 Å². The van der Waals surface area contributed by atoms with Crippen molar-refractivity contribution in [3.8, 4) is 0 Å². The minimum Gasteiger partial charge on any atom is -0.441 e. The molecule has 0 radical (unpaired) electrons. The van der Waals surface area contributed by atoms with Crippen LogP contribution in [0.3, 0.4) is 0 Å². The molecular formula is C14H16F2N2O. The molecule has 2 aromatic rings. The quantitative estimate of drug-likeness (QED) is 0.907. The molecule has 1 aliphatic rings. The van der Waals surface area contributed by atoms with Crippen LogP contribution in [0.15, 0.2) is 22.6 Å². The third-order valence-corrected chi connectivity index (χ3v) is 3.73. The second kappa shape index (κ2) is 4.56. The molecule has 0 saturated carbocycles. The number of nitrogens with zero attached hydrogens (tertiary/aromatic N) is 1. The van der Waals surface area contributed by atoms with E-state index in [0.717, 1.165) is 0 Å². The van der Waals surface area contributed by atoms with Crippen LogP contribution in [0.25, 0.3) is 11.1 Å². The van der Waals surface area contributed by atoms with Crippen LogP contribution in [-0.2, 0) is 5.92 Å². The Hall–Kier alpha value is -1.49. The topological polar surface area (TPSA) is 38.1 Å². The lowest BCUT2D eigenvalue weighted by atomic mass is 9.87. The summed E-state index contributed by atoms with van der Waals surface area (Å²) >= 11 is 0. The average molecular weight is 266 g/mol. The highest BCUT2D eigenvalue weighted by Crippen LogP contribution is 2.41. The van der Waals surface area contributed by atoms with Gasteiger partial charge in [-0.25, -0.2) is 13.8 Å². The highest BCUT2D eigenvalue weighted by molar-refractivity contribution is 5.73. The van der Waals surface area contributed by atoms with Gasteiger partial charge in [0.2, 0.25) is 0 Å². The van der Waals surface area contributed by atoms with E-state index < -0.39 is 11.8 Å². The number of piperidine rings is 1. The lowest BCUT2D eigenvalue weighted by Gasteiger charge is -2.30. The van der Waals surface area contributed by atoms with Gasteiger partial charge in [0.15, 0.2) is 11.5 Å². The molecule has 1 aliphatic heterocycles. The van der Waals surface area contributed by atoms with Gasteiger partial charge in [-0.15, -0.1) is 0 Å². The second-order valence-electron chi connectivity index (χ2n) is 5.06. The van der Waals surface area contributed by atoms with Crippen molar-refractivity contribution in [1.29, 1.82) is 0 Å². The fourth-order valence-corrected chi connectivity index (χ4v) is 2.67. The fourth-order valence-electron chi connectivity index (χ4n) is 2.67. The highest BCUT2D eigenvalue weighted by Gasteiger charge is 2.41. The number of aryl methyl sites for hydroxylation is 1. The van der Waals surface area contributed by atoms with E-state index in [0.29, 0.717) is 42.9 Å². The van der Waals surface area contributed by atoms with Crippen LogP contribution in [-0.4, -0.2) is 18.1 Å². The number of hydrogen-bond acceptors (Lipinski definition) is 3. The number of alkyl halides is 2. The lowest BCUT2D eigenvalue weighted by Crippen LogP contribution is -2.36. The van der Waals surface area contributed by atoms with Gasteiger partial charge in [0.25, 0.3) is 5.92 Å². The minimum atomic E-state index is -2.80. The predicted molar refractivity (Wildman–Crippen MR) is 68.2 cm³/mol. The van der Waals surface area contributed by atoms with Crippen LogP contribution < -0.4 is 5.32 Å². The molecule has 1 N–H and O–H groups in total. The van der Waals surface area contributed by atoms with Crippen LogP contribution in [0.5, 0.6) is 0 Å². The standard InChI is InChI=1S/C14H16F2N2O/c1-9-18-12-8-11(2-3-13(12)19-9)14(15,16)10-4-6-17-7-5-10/h2-3,8,10,17H,4-7H2,1H3. The number of aromatic nitrogens is 1. The monoisotopic (exact) mass is 266 g/mol. The molecule has 102 valence electrons. The third-order valence-electron chi connectivity index (χ3n) is 3.73. The molecule has 0 atom stereocenters. The average Bonchev–Trinajstić information content (AvgIpc) is 2.78. The molecule has 1 fully saturated rings. The van der Waals surface area contributed by atoms with E-state index >= 15 is 0 Å². The molecule has 1 aromatic carbocycles.